The standard InChI is InChI=1S/C21H19N7S/c1-2-17(29-11-1)19-16(14-5-7-22-8-6-14)12-23-21(24-19)27-9-10-28-18(13-27)25-26-20(28)15-3-4-15/h1-2,5-8,11-12,15H,3-4,9-10,13H2. The average Bonchev–Trinajstić information content (AvgIpc) is 3.30. The first-order chi connectivity index (χ1) is 14.4. The predicted molar refractivity (Wildman–Crippen MR) is 112 cm³/mol. The largest absolute Gasteiger partial charge is 0.331 e. The van der Waals surface area contributed by atoms with Crippen LogP contribution in [0.3, 0.4) is 0 Å². The highest BCUT2D eigenvalue weighted by molar-refractivity contribution is 7.13. The smallest absolute Gasteiger partial charge is 0.226 e. The number of hydrogen-bond donors (Lipinski definition) is 0. The van der Waals surface area contributed by atoms with Gasteiger partial charge in [-0.15, -0.1) is 21.5 Å². The Hall–Kier alpha value is -3.13. The van der Waals surface area contributed by atoms with Gasteiger partial charge in [0.15, 0.2) is 5.82 Å². The van der Waals surface area contributed by atoms with Gasteiger partial charge in [-0.2, -0.15) is 0 Å². The summed E-state index contributed by atoms with van der Waals surface area (Å²) in [5.74, 6) is 3.53. The summed E-state index contributed by atoms with van der Waals surface area (Å²) in [4.78, 5) is 17.2. The molecule has 2 aliphatic rings. The van der Waals surface area contributed by atoms with Gasteiger partial charge in [0.1, 0.15) is 5.82 Å². The zero-order chi connectivity index (χ0) is 19.2. The first-order valence-electron chi connectivity index (χ1n) is 9.85. The molecule has 0 unspecified atom stereocenters. The van der Waals surface area contributed by atoms with Crippen molar-refractivity contribution < 1.29 is 0 Å². The predicted octanol–water partition coefficient (Wildman–Crippen LogP) is 3.76. The van der Waals surface area contributed by atoms with Gasteiger partial charge in [0.25, 0.3) is 0 Å². The van der Waals surface area contributed by atoms with Crippen LogP contribution in [-0.2, 0) is 13.1 Å². The maximum Gasteiger partial charge on any atom is 0.226 e. The molecule has 0 atom stereocenters. The lowest BCUT2D eigenvalue weighted by molar-refractivity contribution is 0.536. The molecule has 6 rings (SSSR count). The van der Waals surface area contributed by atoms with E-state index < -0.39 is 0 Å². The van der Waals surface area contributed by atoms with Crippen LogP contribution in [0.4, 0.5) is 5.95 Å². The van der Waals surface area contributed by atoms with Crippen LogP contribution in [0.1, 0.15) is 30.4 Å². The SMILES string of the molecule is c1csc(-c2nc(N3CCn4c(nnc4C4CC4)C3)ncc2-c2ccncc2)c1. The summed E-state index contributed by atoms with van der Waals surface area (Å²) in [6, 6.07) is 8.16. The van der Waals surface area contributed by atoms with Crippen LogP contribution in [0.5, 0.6) is 0 Å². The third-order valence-corrected chi connectivity index (χ3v) is 6.41. The summed E-state index contributed by atoms with van der Waals surface area (Å²) in [5, 5.41) is 11.0. The van der Waals surface area contributed by atoms with Crippen LogP contribution in [0.15, 0.2) is 48.2 Å². The van der Waals surface area contributed by atoms with Crippen LogP contribution in [0.25, 0.3) is 21.7 Å². The first kappa shape index (κ1) is 16.8. The number of aromatic nitrogens is 6. The molecule has 0 bridgehead atoms. The number of pyridine rings is 1. The molecule has 1 aliphatic heterocycles. The Bertz CT molecular complexity index is 1150. The topological polar surface area (TPSA) is 72.6 Å². The average molecular weight is 401 g/mol. The summed E-state index contributed by atoms with van der Waals surface area (Å²) in [7, 11) is 0. The van der Waals surface area contributed by atoms with E-state index in [4.69, 9.17) is 9.97 Å². The van der Waals surface area contributed by atoms with Gasteiger partial charge in [0.05, 0.1) is 17.1 Å². The van der Waals surface area contributed by atoms with E-state index in [1.54, 1.807) is 23.7 Å². The number of hydrogen-bond acceptors (Lipinski definition) is 7. The molecule has 5 heterocycles. The second-order valence-electron chi connectivity index (χ2n) is 7.47. The molecule has 0 N–H and O–H groups in total. The quantitative estimate of drug-likeness (QED) is 0.518. The molecule has 0 aromatic carbocycles. The molecule has 1 aliphatic carbocycles. The summed E-state index contributed by atoms with van der Waals surface area (Å²) in [6.45, 7) is 2.44. The Morgan fingerprint density at radius 2 is 1.93 bits per heavy atom. The summed E-state index contributed by atoms with van der Waals surface area (Å²) >= 11 is 1.69. The third-order valence-electron chi connectivity index (χ3n) is 5.53. The number of fused-ring (bicyclic) bond motifs is 1. The van der Waals surface area contributed by atoms with Crippen molar-refractivity contribution in [1.82, 2.24) is 29.7 Å². The molecule has 7 nitrogen and oxygen atoms in total. The third kappa shape index (κ3) is 3.00. The van der Waals surface area contributed by atoms with Gasteiger partial charge in [0.2, 0.25) is 5.95 Å². The Kier molecular flexibility index (Phi) is 3.90. The maximum atomic E-state index is 4.99. The lowest BCUT2D eigenvalue weighted by Gasteiger charge is -2.28. The molecular formula is C21H19N7S. The van der Waals surface area contributed by atoms with Gasteiger partial charge < -0.3 is 9.47 Å². The van der Waals surface area contributed by atoms with E-state index in [9.17, 15) is 0 Å². The fourth-order valence-electron chi connectivity index (χ4n) is 3.86. The van der Waals surface area contributed by atoms with E-state index in [0.717, 1.165) is 52.4 Å². The van der Waals surface area contributed by atoms with E-state index in [2.05, 4.69) is 42.2 Å². The van der Waals surface area contributed by atoms with Crippen molar-refractivity contribution in [2.75, 3.05) is 11.4 Å². The normalized spacial score (nSPS) is 16.1. The van der Waals surface area contributed by atoms with E-state index >= 15 is 0 Å². The molecule has 0 spiro atoms. The number of rotatable bonds is 4. The van der Waals surface area contributed by atoms with Gasteiger partial charge in [-0.25, -0.2) is 9.97 Å². The van der Waals surface area contributed by atoms with Crippen molar-refractivity contribution in [3.63, 3.8) is 0 Å². The zero-order valence-electron chi connectivity index (χ0n) is 15.8. The lowest BCUT2D eigenvalue weighted by atomic mass is 10.1. The number of thiophene rings is 1. The van der Waals surface area contributed by atoms with Crippen molar-refractivity contribution in [1.29, 1.82) is 0 Å². The van der Waals surface area contributed by atoms with Crippen LogP contribution >= 0.6 is 11.3 Å². The molecule has 144 valence electrons. The molecule has 1 saturated carbocycles. The molecule has 4 aromatic heterocycles. The van der Waals surface area contributed by atoms with Crippen molar-refractivity contribution in [3.05, 3.63) is 59.9 Å². The molecule has 4 aromatic rings. The molecule has 0 amide bonds. The fourth-order valence-corrected chi connectivity index (χ4v) is 4.59. The summed E-state index contributed by atoms with van der Waals surface area (Å²) < 4.78 is 2.29. The highest BCUT2D eigenvalue weighted by atomic mass is 32.1. The second kappa shape index (κ2) is 6.73. The minimum Gasteiger partial charge on any atom is -0.331 e. The molecule has 0 radical (unpaired) electrons. The van der Waals surface area contributed by atoms with E-state index in [-0.39, 0.29) is 0 Å². The van der Waals surface area contributed by atoms with Crippen LogP contribution in [-0.4, -0.2) is 36.3 Å². The Morgan fingerprint density at radius 3 is 2.72 bits per heavy atom. The van der Waals surface area contributed by atoms with Crippen LogP contribution < -0.4 is 4.90 Å². The molecule has 29 heavy (non-hydrogen) atoms. The number of nitrogens with zero attached hydrogens (tertiary/aromatic N) is 7. The molecule has 1 fully saturated rings. The van der Waals surface area contributed by atoms with E-state index in [1.807, 2.05) is 18.3 Å². The van der Waals surface area contributed by atoms with Gasteiger partial charge in [-0.3, -0.25) is 4.98 Å². The van der Waals surface area contributed by atoms with Crippen LogP contribution in [0.2, 0.25) is 0 Å². The highest BCUT2D eigenvalue weighted by Gasteiger charge is 2.32. The van der Waals surface area contributed by atoms with Crippen molar-refractivity contribution in [2.45, 2.75) is 31.8 Å². The van der Waals surface area contributed by atoms with Gasteiger partial charge in [-0.1, -0.05) is 6.07 Å². The van der Waals surface area contributed by atoms with Crippen LogP contribution in [0, 0.1) is 0 Å². The first-order valence-corrected chi connectivity index (χ1v) is 10.7. The van der Waals surface area contributed by atoms with Crippen molar-refractivity contribution in [2.24, 2.45) is 0 Å². The summed E-state index contributed by atoms with van der Waals surface area (Å²) in [5.41, 5.74) is 3.05. The summed E-state index contributed by atoms with van der Waals surface area (Å²) in [6.07, 6.45) is 8.02. The Labute approximate surface area is 172 Å². The Balaban J connectivity index is 1.37. The lowest BCUT2D eigenvalue weighted by Crippen LogP contribution is -2.35. The second-order valence-corrected chi connectivity index (χ2v) is 8.42. The van der Waals surface area contributed by atoms with E-state index in [1.165, 1.54) is 12.8 Å². The minimum absolute atomic E-state index is 0.615. The van der Waals surface area contributed by atoms with E-state index in [0.29, 0.717) is 12.5 Å². The van der Waals surface area contributed by atoms with Gasteiger partial charge in [-0.05, 0) is 42.0 Å². The maximum absolute atomic E-state index is 4.99. The minimum atomic E-state index is 0.615. The Morgan fingerprint density at radius 1 is 1.03 bits per heavy atom. The van der Waals surface area contributed by atoms with Gasteiger partial charge >= 0.3 is 0 Å². The monoisotopic (exact) mass is 401 g/mol. The van der Waals surface area contributed by atoms with Gasteiger partial charge in [0, 0.05) is 43.2 Å². The fraction of sp³-hybridized carbons (Fsp3) is 0.286. The zero-order valence-corrected chi connectivity index (χ0v) is 16.6. The van der Waals surface area contributed by atoms with Crippen molar-refractivity contribution >= 4 is 17.3 Å². The van der Waals surface area contributed by atoms with Crippen molar-refractivity contribution in [3.8, 4) is 21.7 Å². The molecular weight excluding hydrogens is 382 g/mol. The number of anilines is 1. The molecule has 0 saturated heterocycles. The highest BCUT2D eigenvalue weighted by Crippen LogP contribution is 2.40. The molecule has 8 heteroatoms.